The zero-order chi connectivity index (χ0) is 11.9. The molecular formula is C9H10F6. The number of hydrogen-bond donors (Lipinski definition) is 0. The van der Waals surface area contributed by atoms with Gasteiger partial charge in [0.1, 0.15) is 0 Å². The maximum absolute atomic E-state index is 12.3. The molecule has 88 valence electrons. The van der Waals surface area contributed by atoms with Crippen LogP contribution in [0.3, 0.4) is 0 Å². The molecule has 2 unspecified atom stereocenters. The molecule has 0 heterocycles. The lowest BCUT2D eigenvalue weighted by molar-refractivity contribution is -0.184. The van der Waals surface area contributed by atoms with Gasteiger partial charge in [0, 0.05) is 5.57 Å². The van der Waals surface area contributed by atoms with E-state index in [1.165, 1.54) is 6.92 Å². The Morgan fingerprint density at radius 2 is 1.67 bits per heavy atom. The van der Waals surface area contributed by atoms with E-state index in [1.54, 1.807) is 0 Å². The van der Waals surface area contributed by atoms with Gasteiger partial charge in [0.05, 0.1) is 5.92 Å². The summed E-state index contributed by atoms with van der Waals surface area (Å²) in [7, 11) is 0. The minimum atomic E-state index is -4.64. The van der Waals surface area contributed by atoms with Crippen molar-refractivity contribution in [3.8, 4) is 0 Å². The van der Waals surface area contributed by atoms with E-state index < -0.39 is 36.2 Å². The molecule has 0 N–H and O–H groups in total. The second-order valence-corrected chi connectivity index (χ2v) is 3.85. The van der Waals surface area contributed by atoms with Crippen LogP contribution in [0.4, 0.5) is 26.3 Å². The van der Waals surface area contributed by atoms with Crippen molar-refractivity contribution in [1.82, 2.24) is 0 Å². The Balaban J connectivity index is 2.86. The maximum atomic E-state index is 12.3. The van der Waals surface area contributed by atoms with Gasteiger partial charge >= 0.3 is 12.4 Å². The van der Waals surface area contributed by atoms with Gasteiger partial charge < -0.3 is 0 Å². The summed E-state index contributed by atoms with van der Waals surface area (Å²) in [4.78, 5) is 0. The van der Waals surface area contributed by atoms with Crippen molar-refractivity contribution in [2.45, 2.75) is 32.1 Å². The fourth-order valence-corrected chi connectivity index (χ4v) is 1.74. The largest absolute Gasteiger partial charge is 0.412 e. The Bertz CT molecular complexity index is 259. The molecule has 0 amide bonds. The summed E-state index contributed by atoms with van der Waals surface area (Å²) in [6.07, 6.45) is -9.50. The molecule has 1 rings (SSSR count). The highest BCUT2D eigenvalue weighted by Gasteiger charge is 2.46. The number of halogens is 6. The minimum absolute atomic E-state index is 0.261. The highest BCUT2D eigenvalue weighted by Crippen LogP contribution is 2.43. The Hall–Kier alpha value is -0.680. The van der Waals surface area contributed by atoms with Gasteiger partial charge in [-0.25, -0.2) is 0 Å². The van der Waals surface area contributed by atoms with Gasteiger partial charge in [0.2, 0.25) is 0 Å². The van der Waals surface area contributed by atoms with Crippen LogP contribution in [0.2, 0.25) is 0 Å². The van der Waals surface area contributed by atoms with Crippen molar-refractivity contribution in [3.05, 3.63) is 11.6 Å². The molecule has 0 bridgehead atoms. The summed E-state index contributed by atoms with van der Waals surface area (Å²) in [6, 6.07) is 0. The van der Waals surface area contributed by atoms with E-state index in [2.05, 4.69) is 0 Å². The predicted octanol–water partition coefficient (Wildman–Crippen LogP) is 4.08. The average molecular weight is 232 g/mol. The summed E-state index contributed by atoms with van der Waals surface area (Å²) in [6.45, 7) is 1.36. The fourth-order valence-electron chi connectivity index (χ4n) is 1.74. The summed E-state index contributed by atoms with van der Waals surface area (Å²) in [5, 5.41) is 0. The van der Waals surface area contributed by atoms with Crippen LogP contribution in [-0.2, 0) is 0 Å². The number of allylic oxidation sites excluding steroid dienone is 2. The zero-order valence-corrected chi connectivity index (χ0v) is 7.91. The average Bonchev–Trinajstić information content (AvgIpc) is 1.99. The monoisotopic (exact) mass is 232 g/mol. The third-order valence-corrected chi connectivity index (χ3v) is 2.44. The normalized spacial score (nSPS) is 28.9. The van der Waals surface area contributed by atoms with Gasteiger partial charge in [-0.2, -0.15) is 26.3 Å². The van der Waals surface area contributed by atoms with Crippen LogP contribution in [0.15, 0.2) is 11.6 Å². The van der Waals surface area contributed by atoms with Gasteiger partial charge in [-0.1, -0.05) is 13.0 Å². The van der Waals surface area contributed by atoms with Gasteiger partial charge in [0.15, 0.2) is 0 Å². The molecular weight excluding hydrogens is 222 g/mol. The Morgan fingerprint density at radius 3 is 2.07 bits per heavy atom. The fraction of sp³-hybridized carbons (Fsp3) is 0.778. The van der Waals surface area contributed by atoms with E-state index in [0.29, 0.717) is 0 Å². The smallest absolute Gasteiger partial charge is 0.171 e. The number of alkyl halides is 6. The molecule has 0 aromatic rings. The molecule has 0 fully saturated rings. The predicted molar refractivity (Wildman–Crippen MR) is 42.1 cm³/mol. The lowest BCUT2D eigenvalue weighted by atomic mass is 9.82. The van der Waals surface area contributed by atoms with Crippen molar-refractivity contribution in [1.29, 1.82) is 0 Å². The Kier molecular flexibility index (Phi) is 3.07. The van der Waals surface area contributed by atoms with E-state index in [-0.39, 0.29) is 6.42 Å². The van der Waals surface area contributed by atoms with E-state index in [4.69, 9.17) is 0 Å². The highest BCUT2D eigenvalue weighted by atomic mass is 19.4. The molecule has 0 aliphatic heterocycles. The lowest BCUT2D eigenvalue weighted by Gasteiger charge is -2.29. The van der Waals surface area contributed by atoms with Crippen LogP contribution in [0, 0.1) is 11.8 Å². The van der Waals surface area contributed by atoms with E-state index in [9.17, 15) is 26.3 Å². The molecule has 0 nitrogen and oxygen atoms in total. The maximum Gasteiger partial charge on any atom is 0.412 e. The molecule has 0 aromatic heterocycles. The van der Waals surface area contributed by atoms with Gasteiger partial charge in [-0.15, -0.1) is 0 Å². The van der Waals surface area contributed by atoms with Gasteiger partial charge in [-0.3, -0.25) is 0 Å². The van der Waals surface area contributed by atoms with Gasteiger partial charge in [-0.05, 0) is 18.8 Å². The number of hydrogen-bond acceptors (Lipinski definition) is 0. The van der Waals surface area contributed by atoms with Crippen LogP contribution < -0.4 is 0 Å². The molecule has 2 atom stereocenters. The third kappa shape index (κ3) is 3.14. The van der Waals surface area contributed by atoms with Crippen LogP contribution >= 0.6 is 0 Å². The molecule has 0 spiro atoms. The second-order valence-electron chi connectivity index (χ2n) is 3.85. The minimum Gasteiger partial charge on any atom is -0.171 e. The van der Waals surface area contributed by atoms with Crippen molar-refractivity contribution < 1.29 is 26.3 Å². The molecule has 0 saturated carbocycles. The van der Waals surface area contributed by atoms with Crippen molar-refractivity contribution >= 4 is 0 Å². The lowest BCUT2D eigenvalue weighted by Crippen LogP contribution is -2.31. The summed E-state index contributed by atoms with van der Waals surface area (Å²) in [5.74, 6) is -2.55. The zero-order valence-electron chi connectivity index (χ0n) is 7.91. The third-order valence-electron chi connectivity index (χ3n) is 2.44. The van der Waals surface area contributed by atoms with Crippen molar-refractivity contribution in [3.63, 3.8) is 0 Å². The summed E-state index contributed by atoms with van der Waals surface area (Å²) >= 11 is 0. The standard InChI is InChI=1S/C9H10F6/c1-5-2-6(8(10,11)12)4-7(3-5)9(13,14)15/h2,5,7H,3-4H2,1H3. The van der Waals surface area contributed by atoms with Crippen LogP contribution in [0.5, 0.6) is 0 Å². The van der Waals surface area contributed by atoms with E-state index >= 15 is 0 Å². The first-order valence-corrected chi connectivity index (χ1v) is 4.45. The second kappa shape index (κ2) is 3.72. The van der Waals surface area contributed by atoms with E-state index in [1.807, 2.05) is 0 Å². The Labute approximate surface area is 83.0 Å². The molecule has 6 heteroatoms. The Morgan fingerprint density at radius 1 is 1.13 bits per heavy atom. The SMILES string of the molecule is CC1C=C(C(F)(F)F)CC(C(F)(F)F)C1. The van der Waals surface area contributed by atoms with Crippen molar-refractivity contribution in [2.75, 3.05) is 0 Å². The number of rotatable bonds is 0. The molecule has 0 radical (unpaired) electrons. The first-order chi connectivity index (χ1) is 6.60. The molecule has 0 saturated heterocycles. The first-order valence-electron chi connectivity index (χ1n) is 4.45. The molecule has 0 aromatic carbocycles. The summed E-state index contributed by atoms with van der Waals surface area (Å²) < 4.78 is 73.6. The topological polar surface area (TPSA) is 0 Å². The molecule has 15 heavy (non-hydrogen) atoms. The van der Waals surface area contributed by atoms with E-state index in [0.717, 1.165) is 6.08 Å². The molecule has 1 aliphatic carbocycles. The van der Waals surface area contributed by atoms with Gasteiger partial charge in [0.25, 0.3) is 0 Å². The van der Waals surface area contributed by atoms with Crippen molar-refractivity contribution in [2.24, 2.45) is 11.8 Å². The van der Waals surface area contributed by atoms with Crippen LogP contribution in [0.1, 0.15) is 19.8 Å². The molecule has 1 aliphatic rings. The van der Waals surface area contributed by atoms with Crippen LogP contribution in [-0.4, -0.2) is 12.4 Å². The highest BCUT2D eigenvalue weighted by molar-refractivity contribution is 5.15. The quantitative estimate of drug-likeness (QED) is 0.436. The first kappa shape index (κ1) is 12.4. The van der Waals surface area contributed by atoms with Crippen LogP contribution in [0.25, 0.3) is 0 Å². The summed E-state index contributed by atoms with van der Waals surface area (Å²) in [5.41, 5.74) is -1.05.